The highest BCUT2D eigenvalue weighted by molar-refractivity contribution is 5.98. The molecule has 4 nitrogen and oxygen atoms in total. The van der Waals surface area contributed by atoms with Crippen LogP contribution >= 0.6 is 0 Å². The van der Waals surface area contributed by atoms with Crippen molar-refractivity contribution in [1.82, 2.24) is 4.90 Å². The van der Waals surface area contributed by atoms with Crippen LogP contribution < -0.4 is 4.74 Å². The zero-order valence-electron chi connectivity index (χ0n) is 11.4. The molecule has 1 aliphatic heterocycles. The minimum atomic E-state index is -1.82. The Kier molecular flexibility index (Phi) is 3.38. The quantitative estimate of drug-likeness (QED) is 0.803. The molecule has 5 heteroatoms. The van der Waals surface area contributed by atoms with E-state index in [0.717, 1.165) is 23.3 Å². The Hall–Kier alpha value is -1.62. The molecule has 0 aromatic heterocycles. The maximum Gasteiger partial charge on any atom is 0.323 e. The summed E-state index contributed by atoms with van der Waals surface area (Å²) in [7, 11) is 0. The van der Waals surface area contributed by atoms with E-state index in [9.17, 15) is 14.3 Å². The van der Waals surface area contributed by atoms with E-state index >= 15 is 0 Å². The molecule has 1 aliphatic carbocycles. The minimum Gasteiger partial charge on any atom is -0.442 e. The van der Waals surface area contributed by atoms with Gasteiger partial charge in [-0.2, -0.15) is 4.39 Å². The number of benzene rings is 1. The van der Waals surface area contributed by atoms with Crippen LogP contribution in [0.3, 0.4) is 0 Å². The summed E-state index contributed by atoms with van der Waals surface area (Å²) in [4.78, 5) is 13.5. The monoisotopic (exact) mass is 279 g/mol. The second-order valence-electron chi connectivity index (χ2n) is 5.54. The van der Waals surface area contributed by atoms with Gasteiger partial charge in [0.15, 0.2) is 0 Å². The number of alkyl halides is 1. The lowest BCUT2D eigenvalue weighted by atomic mass is 9.91. The smallest absolute Gasteiger partial charge is 0.323 e. The Bertz CT molecular complexity index is 534. The maximum absolute atomic E-state index is 14.2. The van der Waals surface area contributed by atoms with Gasteiger partial charge >= 0.3 is 6.48 Å². The first-order chi connectivity index (χ1) is 9.58. The number of fused-ring (bicyclic) bond motifs is 1. The van der Waals surface area contributed by atoms with Crippen LogP contribution in [0.1, 0.15) is 41.6 Å². The fraction of sp³-hybridized carbons (Fsp3) is 0.533. The summed E-state index contributed by atoms with van der Waals surface area (Å²) in [5, 5.41) is 10.0. The molecule has 1 aromatic rings. The van der Waals surface area contributed by atoms with Crippen molar-refractivity contribution in [3.05, 3.63) is 29.3 Å². The van der Waals surface area contributed by atoms with Crippen LogP contribution in [0, 0.1) is 6.92 Å². The number of amides is 1. The van der Waals surface area contributed by atoms with Crippen LogP contribution in [0.5, 0.6) is 5.75 Å². The van der Waals surface area contributed by atoms with E-state index in [1.807, 2.05) is 6.92 Å². The van der Waals surface area contributed by atoms with Gasteiger partial charge in [-0.15, -0.1) is 0 Å². The van der Waals surface area contributed by atoms with E-state index in [1.165, 1.54) is 0 Å². The highest BCUT2D eigenvalue weighted by Crippen LogP contribution is 2.34. The average Bonchev–Trinajstić information content (AvgIpc) is 2.40. The minimum absolute atomic E-state index is 0.282. The van der Waals surface area contributed by atoms with Gasteiger partial charge in [-0.05, 0) is 37.5 Å². The number of hydrogen-bond donors (Lipinski definition) is 1. The lowest BCUT2D eigenvalue weighted by molar-refractivity contribution is -0.110. The summed E-state index contributed by atoms with van der Waals surface area (Å²) in [5.41, 5.74) is 1.28. The molecule has 20 heavy (non-hydrogen) atoms. The van der Waals surface area contributed by atoms with Gasteiger partial charge < -0.3 is 9.84 Å². The molecule has 1 fully saturated rings. The molecule has 1 amide bonds. The Morgan fingerprint density at radius 2 is 2.10 bits per heavy atom. The van der Waals surface area contributed by atoms with Crippen molar-refractivity contribution in [2.24, 2.45) is 0 Å². The Balaban J connectivity index is 1.93. The highest BCUT2D eigenvalue weighted by Gasteiger charge is 2.41. The zero-order chi connectivity index (χ0) is 14.3. The number of aryl methyl sites for hydroxylation is 1. The first kappa shape index (κ1) is 13.4. The number of nitrogens with zero attached hydrogens (tertiary/aromatic N) is 1. The van der Waals surface area contributed by atoms with Gasteiger partial charge in [-0.1, -0.05) is 18.9 Å². The fourth-order valence-electron chi connectivity index (χ4n) is 3.01. The molecular weight excluding hydrogens is 261 g/mol. The number of rotatable bonds is 1. The Morgan fingerprint density at radius 3 is 2.85 bits per heavy atom. The van der Waals surface area contributed by atoms with Gasteiger partial charge in [0.2, 0.25) is 0 Å². The molecule has 0 spiro atoms. The van der Waals surface area contributed by atoms with Crippen molar-refractivity contribution < 1.29 is 19.0 Å². The maximum atomic E-state index is 14.2. The molecule has 1 heterocycles. The van der Waals surface area contributed by atoms with Gasteiger partial charge in [0.1, 0.15) is 5.75 Å². The van der Waals surface area contributed by atoms with Crippen molar-refractivity contribution in [2.75, 3.05) is 0 Å². The first-order valence-electron chi connectivity index (χ1n) is 7.00. The van der Waals surface area contributed by atoms with Gasteiger partial charge in [0.25, 0.3) is 5.91 Å². The molecule has 3 rings (SSSR count). The molecule has 1 aromatic carbocycles. The van der Waals surface area contributed by atoms with Crippen molar-refractivity contribution in [1.29, 1.82) is 0 Å². The highest BCUT2D eigenvalue weighted by atomic mass is 19.1. The number of aliphatic hydroxyl groups excluding tert-OH is 1. The normalized spacial score (nSPS) is 29.9. The number of hydrogen-bond acceptors (Lipinski definition) is 3. The predicted molar refractivity (Wildman–Crippen MR) is 71.1 cm³/mol. The van der Waals surface area contributed by atoms with E-state index in [-0.39, 0.29) is 5.75 Å². The molecule has 108 valence electrons. The van der Waals surface area contributed by atoms with Crippen molar-refractivity contribution in [2.45, 2.75) is 51.2 Å². The van der Waals surface area contributed by atoms with Crippen molar-refractivity contribution in [3.8, 4) is 5.75 Å². The Labute approximate surface area is 117 Å². The van der Waals surface area contributed by atoms with E-state index in [4.69, 9.17) is 4.74 Å². The van der Waals surface area contributed by atoms with Gasteiger partial charge in [-0.3, -0.25) is 9.69 Å². The summed E-state index contributed by atoms with van der Waals surface area (Å²) < 4.78 is 19.5. The molecule has 1 saturated carbocycles. The molecule has 1 N–H and O–H groups in total. The van der Waals surface area contributed by atoms with E-state index in [0.29, 0.717) is 18.4 Å². The van der Waals surface area contributed by atoms with E-state index in [2.05, 4.69) is 0 Å². The number of halogens is 1. The SMILES string of the molecule is Cc1ccc2c(c1)OC(F)N([C@H]1CCCC[C@@H]1O)C2=O. The van der Waals surface area contributed by atoms with Crippen LogP contribution in [0.2, 0.25) is 0 Å². The topological polar surface area (TPSA) is 49.8 Å². The second kappa shape index (κ2) is 5.05. The summed E-state index contributed by atoms with van der Waals surface area (Å²) in [6.45, 7) is 0.0352. The van der Waals surface area contributed by atoms with Crippen LogP contribution in [-0.2, 0) is 0 Å². The molecule has 1 unspecified atom stereocenters. The number of ether oxygens (including phenoxy) is 1. The van der Waals surface area contributed by atoms with Crippen LogP contribution in [-0.4, -0.2) is 34.5 Å². The van der Waals surface area contributed by atoms with Gasteiger partial charge in [-0.25, -0.2) is 0 Å². The summed E-state index contributed by atoms with van der Waals surface area (Å²) in [5.74, 6) is -0.117. The number of aliphatic hydroxyl groups is 1. The lowest BCUT2D eigenvalue weighted by Crippen LogP contribution is -2.55. The third-order valence-corrected chi connectivity index (χ3v) is 4.10. The van der Waals surface area contributed by atoms with Gasteiger partial charge in [0.05, 0.1) is 17.7 Å². The lowest BCUT2D eigenvalue weighted by Gasteiger charge is -2.41. The molecule has 0 saturated heterocycles. The largest absolute Gasteiger partial charge is 0.442 e. The average molecular weight is 279 g/mol. The number of carbonyl (C=O) groups is 1. The molecule has 2 aliphatic rings. The second-order valence-corrected chi connectivity index (χ2v) is 5.54. The molecule has 3 atom stereocenters. The fourth-order valence-corrected chi connectivity index (χ4v) is 3.01. The summed E-state index contributed by atoms with van der Waals surface area (Å²) in [6.07, 6.45) is 2.33. The standard InChI is InChI=1S/C15H18FNO3/c1-9-6-7-10-13(8-9)20-15(16)17(14(10)19)11-4-2-3-5-12(11)18/h6-8,11-12,15,18H,2-5H2,1H3/t11-,12-,15?/m0/s1. The summed E-state index contributed by atoms with van der Waals surface area (Å²) in [6, 6.07) is 4.62. The van der Waals surface area contributed by atoms with Gasteiger partial charge in [0, 0.05) is 0 Å². The molecular formula is C15H18FNO3. The van der Waals surface area contributed by atoms with Crippen molar-refractivity contribution in [3.63, 3.8) is 0 Å². The third kappa shape index (κ3) is 2.16. The van der Waals surface area contributed by atoms with Crippen LogP contribution in [0.15, 0.2) is 18.2 Å². The van der Waals surface area contributed by atoms with Crippen molar-refractivity contribution >= 4 is 5.91 Å². The van der Waals surface area contributed by atoms with E-state index in [1.54, 1.807) is 18.2 Å². The van der Waals surface area contributed by atoms with Crippen LogP contribution in [0.25, 0.3) is 0 Å². The zero-order valence-corrected chi connectivity index (χ0v) is 11.4. The third-order valence-electron chi connectivity index (χ3n) is 4.10. The first-order valence-corrected chi connectivity index (χ1v) is 7.00. The molecule has 0 radical (unpaired) electrons. The molecule has 0 bridgehead atoms. The number of carbonyl (C=O) groups excluding carboxylic acids is 1. The summed E-state index contributed by atoms with van der Waals surface area (Å²) >= 11 is 0. The van der Waals surface area contributed by atoms with E-state index < -0.39 is 24.5 Å². The predicted octanol–water partition coefficient (Wildman–Crippen LogP) is 2.39. The van der Waals surface area contributed by atoms with Crippen LogP contribution in [0.4, 0.5) is 4.39 Å². The Morgan fingerprint density at radius 1 is 1.35 bits per heavy atom.